The molecular weight excluding hydrogens is 258 g/mol. The minimum absolute atomic E-state index is 0.543. The molecule has 1 aliphatic carbocycles. The Hall–Kier alpha value is -0.550. The van der Waals surface area contributed by atoms with E-state index in [-0.39, 0.29) is 0 Å². The number of nitrogens with zero attached hydrogens (tertiary/aromatic N) is 2. The van der Waals surface area contributed by atoms with Gasteiger partial charge in [-0.3, -0.25) is 0 Å². The average Bonchev–Trinajstić information content (AvgIpc) is 3.03. The van der Waals surface area contributed by atoms with E-state index in [9.17, 15) is 0 Å². The van der Waals surface area contributed by atoms with Crippen molar-refractivity contribution in [3.05, 3.63) is 11.7 Å². The third-order valence-corrected chi connectivity index (χ3v) is 4.75. The maximum absolute atomic E-state index is 5.28. The van der Waals surface area contributed by atoms with Gasteiger partial charge in [0.1, 0.15) is 0 Å². The summed E-state index contributed by atoms with van der Waals surface area (Å²) >= 11 is 1.99. The molecule has 0 aromatic carbocycles. The molecule has 1 N–H and O–H groups in total. The van der Waals surface area contributed by atoms with Crippen LogP contribution in [0.3, 0.4) is 0 Å². The summed E-state index contributed by atoms with van der Waals surface area (Å²) in [7, 11) is 0. The molecule has 108 valence electrons. The highest BCUT2D eigenvalue weighted by Gasteiger charge is 2.16. The minimum atomic E-state index is 0.543. The van der Waals surface area contributed by atoms with E-state index in [1.165, 1.54) is 25.7 Å². The Labute approximate surface area is 120 Å². The van der Waals surface area contributed by atoms with E-state index in [1.807, 2.05) is 11.8 Å². The van der Waals surface area contributed by atoms with Gasteiger partial charge in [0.25, 0.3) is 0 Å². The van der Waals surface area contributed by atoms with Crippen LogP contribution in [-0.2, 0) is 12.2 Å². The molecule has 0 saturated heterocycles. The topological polar surface area (TPSA) is 51.0 Å². The van der Waals surface area contributed by atoms with Gasteiger partial charge in [0.05, 0.1) is 5.75 Å². The number of aryl methyl sites for hydroxylation is 1. The van der Waals surface area contributed by atoms with E-state index in [0.29, 0.717) is 6.04 Å². The molecule has 1 saturated carbocycles. The van der Waals surface area contributed by atoms with Crippen molar-refractivity contribution in [1.29, 1.82) is 0 Å². The van der Waals surface area contributed by atoms with Crippen molar-refractivity contribution in [2.24, 2.45) is 0 Å². The van der Waals surface area contributed by atoms with Gasteiger partial charge in [0, 0.05) is 17.7 Å². The molecule has 0 spiro atoms. The molecule has 1 aliphatic rings. The smallest absolute Gasteiger partial charge is 0.226 e. The van der Waals surface area contributed by atoms with Gasteiger partial charge in [-0.25, -0.2) is 0 Å². The quantitative estimate of drug-likeness (QED) is 0.743. The molecule has 2 rings (SSSR count). The summed E-state index contributed by atoms with van der Waals surface area (Å²) in [6.45, 7) is 5.32. The Kier molecular flexibility index (Phi) is 6.17. The van der Waals surface area contributed by atoms with Crippen LogP contribution in [0.5, 0.6) is 0 Å². The number of hydrogen-bond acceptors (Lipinski definition) is 5. The van der Waals surface area contributed by atoms with Crippen LogP contribution >= 0.6 is 11.8 Å². The first-order valence-electron chi connectivity index (χ1n) is 7.40. The highest BCUT2D eigenvalue weighted by Crippen LogP contribution is 2.30. The lowest BCUT2D eigenvalue weighted by molar-refractivity contribution is 0.370. The van der Waals surface area contributed by atoms with Crippen molar-refractivity contribution in [3.63, 3.8) is 0 Å². The Morgan fingerprint density at radius 1 is 1.37 bits per heavy atom. The zero-order valence-electron chi connectivity index (χ0n) is 12.0. The van der Waals surface area contributed by atoms with E-state index >= 15 is 0 Å². The van der Waals surface area contributed by atoms with E-state index in [2.05, 4.69) is 29.3 Å². The second-order valence-corrected chi connectivity index (χ2v) is 6.82. The Balaban J connectivity index is 1.63. The second kappa shape index (κ2) is 7.90. The molecule has 4 nitrogen and oxygen atoms in total. The highest BCUT2D eigenvalue weighted by atomic mass is 32.2. The SMILES string of the molecule is CC(C)NCCCc1nc(CSC2CCCC2)no1. The lowest BCUT2D eigenvalue weighted by atomic mass is 10.3. The van der Waals surface area contributed by atoms with Crippen LogP contribution in [0.25, 0.3) is 0 Å². The predicted molar refractivity (Wildman–Crippen MR) is 79.3 cm³/mol. The molecule has 1 fully saturated rings. The van der Waals surface area contributed by atoms with Crippen molar-refractivity contribution in [3.8, 4) is 0 Å². The summed E-state index contributed by atoms with van der Waals surface area (Å²) in [5, 5.41) is 8.27. The molecule has 19 heavy (non-hydrogen) atoms. The lowest BCUT2D eigenvalue weighted by Gasteiger charge is -2.05. The first-order chi connectivity index (χ1) is 9.24. The molecule has 0 amide bonds. The van der Waals surface area contributed by atoms with Crippen LogP contribution in [0, 0.1) is 0 Å². The van der Waals surface area contributed by atoms with Gasteiger partial charge in [0.2, 0.25) is 5.89 Å². The van der Waals surface area contributed by atoms with Gasteiger partial charge < -0.3 is 9.84 Å². The van der Waals surface area contributed by atoms with Gasteiger partial charge in [-0.2, -0.15) is 16.7 Å². The number of nitrogens with one attached hydrogen (secondary N) is 1. The largest absolute Gasteiger partial charge is 0.339 e. The third kappa shape index (κ3) is 5.53. The summed E-state index contributed by atoms with van der Waals surface area (Å²) in [5.41, 5.74) is 0. The van der Waals surface area contributed by atoms with Gasteiger partial charge in [-0.15, -0.1) is 0 Å². The molecular formula is C14H25N3OS. The molecule has 1 aromatic heterocycles. The summed E-state index contributed by atoms with van der Waals surface area (Å²) in [5.74, 6) is 2.55. The predicted octanol–water partition coefficient (Wildman–Crippen LogP) is 3.18. The molecule has 0 bridgehead atoms. The molecule has 0 unspecified atom stereocenters. The maximum atomic E-state index is 5.28. The standard InChI is InChI=1S/C14H25N3OS/c1-11(2)15-9-5-8-14-16-13(17-18-14)10-19-12-6-3-4-7-12/h11-12,15H,3-10H2,1-2H3. The second-order valence-electron chi connectivity index (χ2n) is 5.53. The number of aromatic nitrogens is 2. The van der Waals surface area contributed by atoms with Gasteiger partial charge in [-0.1, -0.05) is 31.8 Å². The minimum Gasteiger partial charge on any atom is -0.339 e. The van der Waals surface area contributed by atoms with Crippen LogP contribution < -0.4 is 5.32 Å². The summed E-state index contributed by atoms with van der Waals surface area (Å²) in [6, 6.07) is 0.543. The Bertz CT molecular complexity index is 361. The van der Waals surface area contributed by atoms with Gasteiger partial charge in [-0.05, 0) is 25.8 Å². The molecule has 0 atom stereocenters. The normalized spacial score (nSPS) is 16.6. The fraction of sp³-hybridized carbons (Fsp3) is 0.857. The summed E-state index contributed by atoms with van der Waals surface area (Å²) < 4.78 is 5.28. The van der Waals surface area contributed by atoms with E-state index in [1.54, 1.807) is 0 Å². The van der Waals surface area contributed by atoms with Crippen molar-refractivity contribution >= 4 is 11.8 Å². The van der Waals surface area contributed by atoms with Crippen LogP contribution in [0.15, 0.2) is 4.52 Å². The van der Waals surface area contributed by atoms with Crippen LogP contribution in [0.2, 0.25) is 0 Å². The molecule has 1 aromatic rings. The maximum Gasteiger partial charge on any atom is 0.226 e. The van der Waals surface area contributed by atoms with Crippen molar-refractivity contribution in [2.45, 2.75) is 69.4 Å². The summed E-state index contributed by atoms with van der Waals surface area (Å²) in [6.07, 6.45) is 7.42. The highest BCUT2D eigenvalue weighted by molar-refractivity contribution is 7.99. The number of hydrogen-bond donors (Lipinski definition) is 1. The van der Waals surface area contributed by atoms with Crippen molar-refractivity contribution in [1.82, 2.24) is 15.5 Å². The van der Waals surface area contributed by atoms with Gasteiger partial charge >= 0.3 is 0 Å². The zero-order valence-corrected chi connectivity index (χ0v) is 12.8. The average molecular weight is 283 g/mol. The van der Waals surface area contributed by atoms with E-state index in [4.69, 9.17) is 4.52 Å². The van der Waals surface area contributed by atoms with Crippen molar-refractivity contribution < 1.29 is 4.52 Å². The first-order valence-corrected chi connectivity index (χ1v) is 8.45. The van der Waals surface area contributed by atoms with Crippen molar-refractivity contribution in [2.75, 3.05) is 6.54 Å². The Morgan fingerprint density at radius 3 is 2.89 bits per heavy atom. The Morgan fingerprint density at radius 2 is 2.16 bits per heavy atom. The van der Waals surface area contributed by atoms with Crippen LogP contribution in [-0.4, -0.2) is 28.0 Å². The first kappa shape index (κ1) is 14.9. The zero-order chi connectivity index (χ0) is 13.5. The van der Waals surface area contributed by atoms with E-state index < -0.39 is 0 Å². The summed E-state index contributed by atoms with van der Waals surface area (Å²) in [4.78, 5) is 4.46. The lowest BCUT2D eigenvalue weighted by Crippen LogP contribution is -2.23. The monoisotopic (exact) mass is 283 g/mol. The number of rotatable bonds is 8. The molecule has 5 heteroatoms. The molecule has 0 radical (unpaired) electrons. The van der Waals surface area contributed by atoms with Crippen LogP contribution in [0.1, 0.15) is 57.7 Å². The van der Waals surface area contributed by atoms with E-state index in [0.717, 1.165) is 42.1 Å². The fourth-order valence-corrected chi connectivity index (χ4v) is 3.50. The number of thioether (sulfide) groups is 1. The molecule has 1 heterocycles. The molecule has 0 aliphatic heterocycles. The van der Waals surface area contributed by atoms with Crippen LogP contribution in [0.4, 0.5) is 0 Å². The fourth-order valence-electron chi connectivity index (χ4n) is 2.33. The van der Waals surface area contributed by atoms with Gasteiger partial charge in [0.15, 0.2) is 5.82 Å². The third-order valence-electron chi connectivity index (χ3n) is 3.38.